The molecular weight excluding hydrogens is 252 g/mol. The maximum Gasteiger partial charge on any atom is 0.244 e. The predicted octanol–water partition coefficient (Wildman–Crippen LogP) is 1.53. The van der Waals surface area contributed by atoms with Crippen molar-refractivity contribution in [3.63, 3.8) is 0 Å². The third-order valence-corrected chi connectivity index (χ3v) is 4.82. The smallest absolute Gasteiger partial charge is 0.244 e. The molecule has 1 saturated carbocycles. The fourth-order valence-corrected chi connectivity index (χ4v) is 3.44. The first-order chi connectivity index (χ1) is 8.53. The average Bonchev–Trinajstić information content (AvgIpc) is 2.63. The minimum atomic E-state index is -3.43. The van der Waals surface area contributed by atoms with Crippen LogP contribution in [0.5, 0.6) is 0 Å². The summed E-state index contributed by atoms with van der Waals surface area (Å²) in [6, 6.07) is 1.71. The van der Waals surface area contributed by atoms with Gasteiger partial charge in [0.05, 0.1) is 6.54 Å². The van der Waals surface area contributed by atoms with Gasteiger partial charge < -0.3 is 9.73 Å². The van der Waals surface area contributed by atoms with Gasteiger partial charge in [-0.25, -0.2) is 13.1 Å². The van der Waals surface area contributed by atoms with Crippen LogP contribution in [0.15, 0.2) is 15.4 Å². The molecule has 1 heterocycles. The summed E-state index contributed by atoms with van der Waals surface area (Å²) in [5.41, 5.74) is 0. The number of aryl methyl sites for hydroxylation is 1. The fraction of sp³-hybridized carbons (Fsp3) is 0.667. The average molecular weight is 272 g/mol. The van der Waals surface area contributed by atoms with Crippen LogP contribution in [0, 0.1) is 6.92 Å². The van der Waals surface area contributed by atoms with E-state index in [1.807, 2.05) is 6.92 Å². The summed E-state index contributed by atoms with van der Waals surface area (Å²) in [5, 5.41) is 3.11. The largest absolute Gasteiger partial charge is 0.464 e. The maximum atomic E-state index is 12.2. The van der Waals surface area contributed by atoms with Gasteiger partial charge >= 0.3 is 0 Å². The Morgan fingerprint density at radius 2 is 2.17 bits per heavy atom. The van der Waals surface area contributed by atoms with Gasteiger partial charge in [0.2, 0.25) is 10.0 Å². The fourth-order valence-electron chi connectivity index (χ4n) is 1.94. The summed E-state index contributed by atoms with van der Waals surface area (Å²) in [4.78, 5) is 0.266. The van der Waals surface area contributed by atoms with Crippen molar-refractivity contribution in [2.24, 2.45) is 0 Å². The lowest BCUT2D eigenvalue weighted by Gasteiger charge is -2.25. The minimum absolute atomic E-state index is 0.0986. The van der Waals surface area contributed by atoms with Crippen molar-refractivity contribution >= 4 is 10.0 Å². The molecule has 1 aliphatic carbocycles. The molecule has 0 atom stereocenters. The number of hydrogen-bond donors (Lipinski definition) is 2. The molecule has 0 aliphatic heterocycles. The molecule has 2 rings (SSSR count). The van der Waals surface area contributed by atoms with Crippen LogP contribution in [0.2, 0.25) is 0 Å². The summed E-state index contributed by atoms with van der Waals surface area (Å²) >= 11 is 0. The SMILES string of the molecule is CCNCc1cc(S(=O)(=O)NC2CCC2)c(C)o1. The second-order valence-corrected chi connectivity index (χ2v) is 6.34. The Bertz CT molecular complexity index is 503. The molecule has 1 aliphatic rings. The Balaban J connectivity index is 2.13. The lowest BCUT2D eigenvalue weighted by atomic mass is 9.94. The van der Waals surface area contributed by atoms with Crippen molar-refractivity contribution in [2.75, 3.05) is 6.54 Å². The highest BCUT2D eigenvalue weighted by Crippen LogP contribution is 2.24. The Labute approximate surface area is 108 Å². The van der Waals surface area contributed by atoms with E-state index in [9.17, 15) is 8.42 Å². The topological polar surface area (TPSA) is 71.3 Å². The Morgan fingerprint density at radius 3 is 2.72 bits per heavy atom. The van der Waals surface area contributed by atoms with E-state index >= 15 is 0 Å². The zero-order valence-corrected chi connectivity index (χ0v) is 11.6. The second kappa shape index (κ2) is 5.42. The first-order valence-electron chi connectivity index (χ1n) is 6.35. The summed E-state index contributed by atoms with van der Waals surface area (Å²) < 4.78 is 32.5. The molecule has 6 heteroatoms. The highest BCUT2D eigenvalue weighted by atomic mass is 32.2. The molecule has 0 bridgehead atoms. The van der Waals surface area contributed by atoms with Crippen LogP contribution in [0.25, 0.3) is 0 Å². The zero-order chi connectivity index (χ0) is 13.2. The summed E-state index contributed by atoms with van der Waals surface area (Å²) in [6.07, 6.45) is 2.96. The molecule has 18 heavy (non-hydrogen) atoms. The number of furan rings is 1. The van der Waals surface area contributed by atoms with Crippen molar-refractivity contribution in [1.29, 1.82) is 0 Å². The van der Waals surface area contributed by atoms with E-state index in [1.165, 1.54) is 0 Å². The van der Waals surface area contributed by atoms with E-state index in [2.05, 4.69) is 10.0 Å². The van der Waals surface area contributed by atoms with Crippen molar-refractivity contribution in [3.8, 4) is 0 Å². The van der Waals surface area contributed by atoms with Crippen LogP contribution in [0.3, 0.4) is 0 Å². The third kappa shape index (κ3) is 2.93. The first kappa shape index (κ1) is 13.6. The van der Waals surface area contributed by atoms with Gasteiger partial charge in [0.15, 0.2) is 0 Å². The van der Waals surface area contributed by atoms with Gasteiger partial charge in [-0.3, -0.25) is 0 Å². The van der Waals surface area contributed by atoms with E-state index in [0.29, 0.717) is 18.1 Å². The standard InChI is InChI=1S/C12H20N2O3S/c1-3-13-8-11-7-12(9(2)17-11)18(15,16)14-10-5-4-6-10/h7,10,13-14H,3-6,8H2,1-2H3. The summed E-state index contributed by atoms with van der Waals surface area (Å²) in [7, 11) is -3.43. The van der Waals surface area contributed by atoms with Gasteiger partial charge in [-0.2, -0.15) is 0 Å². The molecule has 102 valence electrons. The number of rotatable bonds is 6. The highest BCUT2D eigenvalue weighted by Gasteiger charge is 2.27. The number of hydrogen-bond acceptors (Lipinski definition) is 4. The van der Waals surface area contributed by atoms with Gasteiger partial charge in [-0.15, -0.1) is 0 Å². The zero-order valence-electron chi connectivity index (χ0n) is 10.8. The van der Waals surface area contributed by atoms with E-state index in [4.69, 9.17) is 4.42 Å². The van der Waals surface area contributed by atoms with Crippen LogP contribution < -0.4 is 10.0 Å². The van der Waals surface area contributed by atoms with Crippen molar-refractivity contribution in [3.05, 3.63) is 17.6 Å². The van der Waals surface area contributed by atoms with Crippen LogP contribution in [0.1, 0.15) is 37.7 Å². The molecule has 1 aromatic rings. The molecule has 0 saturated heterocycles. The molecule has 0 aromatic carbocycles. The minimum Gasteiger partial charge on any atom is -0.464 e. The van der Waals surface area contributed by atoms with E-state index in [1.54, 1.807) is 13.0 Å². The van der Waals surface area contributed by atoms with E-state index in [-0.39, 0.29) is 10.9 Å². The Kier molecular flexibility index (Phi) is 4.09. The molecule has 0 amide bonds. The first-order valence-corrected chi connectivity index (χ1v) is 7.83. The molecule has 5 nitrogen and oxygen atoms in total. The van der Waals surface area contributed by atoms with Gasteiger partial charge in [0.1, 0.15) is 16.4 Å². The lowest BCUT2D eigenvalue weighted by molar-refractivity contribution is 0.383. The van der Waals surface area contributed by atoms with Gasteiger partial charge in [-0.05, 0) is 26.3 Å². The monoisotopic (exact) mass is 272 g/mol. The van der Waals surface area contributed by atoms with Crippen LogP contribution in [0.4, 0.5) is 0 Å². The predicted molar refractivity (Wildman–Crippen MR) is 68.8 cm³/mol. The molecule has 1 aromatic heterocycles. The molecule has 0 radical (unpaired) electrons. The molecule has 0 spiro atoms. The van der Waals surface area contributed by atoms with E-state index in [0.717, 1.165) is 25.8 Å². The van der Waals surface area contributed by atoms with Gasteiger partial charge in [0.25, 0.3) is 0 Å². The molecule has 2 N–H and O–H groups in total. The van der Waals surface area contributed by atoms with Gasteiger partial charge in [0, 0.05) is 12.1 Å². The molecular formula is C12H20N2O3S. The Hall–Kier alpha value is -0.850. The maximum absolute atomic E-state index is 12.2. The number of nitrogens with one attached hydrogen (secondary N) is 2. The van der Waals surface area contributed by atoms with Crippen molar-refractivity contribution < 1.29 is 12.8 Å². The highest BCUT2D eigenvalue weighted by molar-refractivity contribution is 7.89. The Morgan fingerprint density at radius 1 is 1.44 bits per heavy atom. The normalized spacial score (nSPS) is 16.8. The van der Waals surface area contributed by atoms with Crippen molar-refractivity contribution in [1.82, 2.24) is 10.0 Å². The van der Waals surface area contributed by atoms with E-state index < -0.39 is 10.0 Å². The summed E-state index contributed by atoms with van der Waals surface area (Å²) in [6.45, 7) is 5.05. The molecule has 0 unspecified atom stereocenters. The lowest BCUT2D eigenvalue weighted by Crippen LogP contribution is -2.39. The number of sulfonamides is 1. The second-order valence-electron chi connectivity index (χ2n) is 4.66. The van der Waals surface area contributed by atoms with Gasteiger partial charge in [-0.1, -0.05) is 13.3 Å². The van der Waals surface area contributed by atoms with Crippen LogP contribution >= 0.6 is 0 Å². The quantitative estimate of drug-likeness (QED) is 0.824. The van der Waals surface area contributed by atoms with Crippen molar-refractivity contribution in [2.45, 2.75) is 50.6 Å². The molecule has 1 fully saturated rings. The van der Waals surface area contributed by atoms with Crippen LogP contribution in [-0.2, 0) is 16.6 Å². The van der Waals surface area contributed by atoms with Crippen LogP contribution in [-0.4, -0.2) is 21.0 Å². The summed E-state index contributed by atoms with van der Waals surface area (Å²) in [5.74, 6) is 1.11. The third-order valence-electron chi connectivity index (χ3n) is 3.19.